The molecule has 1 aromatic heterocycles. The minimum absolute atomic E-state index is 1.19. The molecule has 1 aliphatic rings. The Kier molecular flexibility index (Phi) is 2.87. The van der Waals surface area contributed by atoms with Gasteiger partial charge in [-0.2, -0.15) is 0 Å². The van der Waals surface area contributed by atoms with Crippen LogP contribution >= 0.6 is 0 Å². The highest BCUT2D eigenvalue weighted by atomic mass is 15.1. The van der Waals surface area contributed by atoms with Gasteiger partial charge in [-0.25, -0.2) is 0 Å². The highest BCUT2D eigenvalue weighted by Gasteiger charge is 2.15. The fourth-order valence-electron chi connectivity index (χ4n) is 2.60. The van der Waals surface area contributed by atoms with Crippen LogP contribution < -0.4 is 4.90 Å². The number of piperidine rings is 1. The van der Waals surface area contributed by atoms with E-state index >= 15 is 0 Å². The molecule has 1 N–H and O–H groups in total. The van der Waals surface area contributed by atoms with Crippen LogP contribution in [0.3, 0.4) is 0 Å². The summed E-state index contributed by atoms with van der Waals surface area (Å²) in [5.41, 5.74) is 3.89. The zero-order chi connectivity index (χ0) is 11.5. The first-order valence-corrected chi connectivity index (χ1v) is 6.43. The standard InChI is InChI=1S/C15H18N2/c1-3-7-13(8-4-1)15-14(9-10-16-15)17-11-5-2-6-12-17/h1,3-4,7-10,16H,2,5-6,11-12H2. The SMILES string of the molecule is c1ccc(-c2[nH]ccc2N2CCCCC2)cc1. The van der Waals surface area contributed by atoms with Crippen LogP contribution in [0.4, 0.5) is 5.69 Å². The average Bonchev–Trinajstić information content (AvgIpc) is 2.90. The van der Waals surface area contributed by atoms with E-state index in [1.807, 2.05) is 6.20 Å². The quantitative estimate of drug-likeness (QED) is 0.827. The number of nitrogens with one attached hydrogen (secondary N) is 1. The molecule has 1 fully saturated rings. The topological polar surface area (TPSA) is 19.0 Å². The molecule has 0 atom stereocenters. The van der Waals surface area contributed by atoms with Gasteiger partial charge in [0.2, 0.25) is 0 Å². The molecule has 0 radical (unpaired) electrons. The fourth-order valence-corrected chi connectivity index (χ4v) is 2.60. The molecule has 1 aromatic carbocycles. The van der Waals surface area contributed by atoms with Gasteiger partial charge >= 0.3 is 0 Å². The van der Waals surface area contributed by atoms with Gasteiger partial charge in [0.05, 0.1) is 11.4 Å². The predicted molar refractivity (Wildman–Crippen MR) is 72.3 cm³/mol. The zero-order valence-electron chi connectivity index (χ0n) is 10.0. The molecule has 0 saturated carbocycles. The number of nitrogens with zero attached hydrogens (tertiary/aromatic N) is 1. The first-order valence-electron chi connectivity index (χ1n) is 6.43. The van der Waals surface area contributed by atoms with Gasteiger partial charge in [0.1, 0.15) is 0 Å². The van der Waals surface area contributed by atoms with Crippen molar-refractivity contribution in [2.45, 2.75) is 19.3 Å². The maximum atomic E-state index is 3.38. The molecule has 17 heavy (non-hydrogen) atoms. The number of aromatic nitrogens is 1. The van der Waals surface area contributed by atoms with Crippen molar-refractivity contribution in [2.75, 3.05) is 18.0 Å². The predicted octanol–water partition coefficient (Wildman–Crippen LogP) is 3.67. The molecule has 88 valence electrons. The number of hydrogen-bond donors (Lipinski definition) is 1. The van der Waals surface area contributed by atoms with E-state index in [4.69, 9.17) is 0 Å². The molecule has 3 rings (SSSR count). The van der Waals surface area contributed by atoms with E-state index in [-0.39, 0.29) is 0 Å². The molecule has 2 heterocycles. The van der Waals surface area contributed by atoms with Crippen molar-refractivity contribution < 1.29 is 0 Å². The Morgan fingerprint density at radius 1 is 0.882 bits per heavy atom. The van der Waals surface area contributed by atoms with E-state index < -0.39 is 0 Å². The van der Waals surface area contributed by atoms with Crippen LogP contribution in [0.1, 0.15) is 19.3 Å². The molecule has 2 aromatic rings. The summed E-state index contributed by atoms with van der Waals surface area (Å²) in [7, 11) is 0. The third-order valence-corrected chi connectivity index (χ3v) is 3.48. The largest absolute Gasteiger partial charge is 0.370 e. The lowest BCUT2D eigenvalue weighted by Gasteiger charge is -2.29. The van der Waals surface area contributed by atoms with E-state index in [9.17, 15) is 0 Å². The number of aromatic amines is 1. The van der Waals surface area contributed by atoms with Gasteiger partial charge in [-0.05, 0) is 25.3 Å². The summed E-state index contributed by atoms with van der Waals surface area (Å²) in [5.74, 6) is 0. The smallest absolute Gasteiger partial charge is 0.0691 e. The summed E-state index contributed by atoms with van der Waals surface area (Å²) >= 11 is 0. The lowest BCUT2D eigenvalue weighted by Crippen LogP contribution is -2.29. The van der Waals surface area contributed by atoms with Crippen LogP contribution in [-0.2, 0) is 0 Å². The maximum absolute atomic E-state index is 3.38. The Morgan fingerprint density at radius 3 is 2.41 bits per heavy atom. The van der Waals surface area contributed by atoms with E-state index in [2.05, 4.69) is 46.3 Å². The second kappa shape index (κ2) is 4.66. The number of hydrogen-bond acceptors (Lipinski definition) is 1. The lowest BCUT2D eigenvalue weighted by atomic mass is 10.1. The van der Waals surface area contributed by atoms with Crippen molar-refractivity contribution in [3.05, 3.63) is 42.6 Å². The second-order valence-corrected chi connectivity index (χ2v) is 4.65. The summed E-state index contributed by atoms with van der Waals surface area (Å²) in [6.45, 7) is 2.38. The zero-order valence-corrected chi connectivity index (χ0v) is 10.0. The Bertz CT molecular complexity index is 467. The van der Waals surface area contributed by atoms with E-state index in [0.29, 0.717) is 0 Å². The van der Waals surface area contributed by atoms with Gasteiger partial charge in [0, 0.05) is 24.8 Å². The van der Waals surface area contributed by atoms with E-state index in [0.717, 1.165) is 0 Å². The van der Waals surface area contributed by atoms with Crippen LogP contribution in [0.2, 0.25) is 0 Å². The van der Waals surface area contributed by atoms with Crippen molar-refractivity contribution in [3.8, 4) is 11.3 Å². The molecule has 0 aliphatic carbocycles. The fraction of sp³-hybridized carbons (Fsp3) is 0.333. The monoisotopic (exact) mass is 226 g/mol. The highest BCUT2D eigenvalue weighted by Crippen LogP contribution is 2.31. The molecule has 0 amide bonds. The first-order chi connectivity index (χ1) is 8.45. The van der Waals surface area contributed by atoms with Gasteiger partial charge in [0.15, 0.2) is 0 Å². The van der Waals surface area contributed by atoms with Crippen molar-refractivity contribution in [3.63, 3.8) is 0 Å². The summed E-state index contributed by atoms with van der Waals surface area (Å²) in [4.78, 5) is 5.88. The number of H-pyrrole nitrogens is 1. The molecule has 0 spiro atoms. The van der Waals surface area contributed by atoms with Crippen LogP contribution in [0, 0.1) is 0 Å². The van der Waals surface area contributed by atoms with Gasteiger partial charge in [-0.15, -0.1) is 0 Å². The van der Waals surface area contributed by atoms with E-state index in [1.165, 1.54) is 49.3 Å². The molecule has 0 unspecified atom stereocenters. The molecule has 1 saturated heterocycles. The van der Waals surface area contributed by atoms with Crippen LogP contribution in [0.25, 0.3) is 11.3 Å². The van der Waals surface area contributed by atoms with Crippen LogP contribution in [-0.4, -0.2) is 18.1 Å². The van der Waals surface area contributed by atoms with Crippen LogP contribution in [0.5, 0.6) is 0 Å². The van der Waals surface area contributed by atoms with E-state index in [1.54, 1.807) is 0 Å². The number of benzene rings is 1. The normalized spacial score (nSPS) is 16.1. The Morgan fingerprint density at radius 2 is 1.65 bits per heavy atom. The number of rotatable bonds is 2. The summed E-state index contributed by atoms with van der Waals surface area (Å²) in [6.07, 6.45) is 6.06. The van der Waals surface area contributed by atoms with Crippen molar-refractivity contribution >= 4 is 5.69 Å². The Labute approximate surface area is 102 Å². The summed E-state index contributed by atoms with van der Waals surface area (Å²) in [5, 5.41) is 0. The summed E-state index contributed by atoms with van der Waals surface area (Å²) in [6, 6.07) is 12.8. The number of anilines is 1. The molecular formula is C15H18N2. The van der Waals surface area contributed by atoms with Gasteiger partial charge in [0.25, 0.3) is 0 Å². The summed E-state index contributed by atoms with van der Waals surface area (Å²) < 4.78 is 0. The molecule has 1 aliphatic heterocycles. The van der Waals surface area contributed by atoms with Gasteiger partial charge in [-0.3, -0.25) is 0 Å². The average molecular weight is 226 g/mol. The first kappa shape index (κ1) is 10.5. The Hall–Kier alpha value is -1.70. The third-order valence-electron chi connectivity index (χ3n) is 3.48. The third kappa shape index (κ3) is 2.07. The molecule has 0 bridgehead atoms. The lowest BCUT2D eigenvalue weighted by molar-refractivity contribution is 0.578. The molecule has 2 nitrogen and oxygen atoms in total. The van der Waals surface area contributed by atoms with Crippen molar-refractivity contribution in [1.29, 1.82) is 0 Å². The molecule has 2 heteroatoms. The maximum Gasteiger partial charge on any atom is 0.0691 e. The second-order valence-electron chi connectivity index (χ2n) is 4.65. The van der Waals surface area contributed by atoms with Gasteiger partial charge in [-0.1, -0.05) is 30.3 Å². The van der Waals surface area contributed by atoms with Crippen LogP contribution in [0.15, 0.2) is 42.6 Å². The molecular weight excluding hydrogens is 208 g/mol. The van der Waals surface area contributed by atoms with Crippen molar-refractivity contribution in [2.24, 2.45) is 0 Å². The minimum atomic E-state index is 1.19. The van der Waals surface area contributed by atoms with Gasteiger partial charge < -0.3 is 9.88 Å². The highest BCUT2D eigenvalue weighted by molar-refractivity contribution is 5.75. The van der Waals surface area contributed by atoms with Crippen molar-refractivity contribution in [1.82, 2.24) is 4.98 Å². The minimum Gasteiger partial charge on any atom is -0.370 e. The Balaban J connectivity index is 1.93.